The first kappa shape index (κ1) is 21.8. The third-order valence-electron chi connectivity index (χ3n) is 5.79. The maximum Gasteiger partial charge on any atom is 0.407 e. The van der Waals surface area contributed by atoms with Gasteiger partial charge in [-0.15, -0.1) is 11.3 Å². The highest BCUT2D eigenvalue weighted by molar-refractivity contribution is 7.07. The smallest absolute Gasteiger partial charge is 0.407 e. The van der Waals surface area contributed by atoms with Gasteiger partial charge in [0.25, 0.3) is 0 Å². The molecule has 3 aromatic rings. The van der Waals surface area contributed by atoms with Crippen molar-refractivity contribution in [2.75, 3.05) is 24.5 Å². The van der Waals surface area contributed by atoms with E-state index in [1.54, 1.807) is 5.51 Å². The molecule has 0 unspecified atom stereocenters. The Kier molecular flexibility index (Phi) is 6.97. The zero-order valence-electron chi connectivity index (χ0n) is 17.7. The molecule has 1 aliphatic rings. The van der Waals surface area contributed by atoms with Gasteiger partial charge in [0.1, 0.15) is 5.82 Å². The highest BCUT2D eigenvalue weighted by Crippen LogP contribution is 2.26. The summed E-state index contributed by atoms with van der Waals surface area (Å²) in [6, 6.07) is 16.2. The second-order valence-electron chi connectivity index (χ2n) is 7.99. The summed E-state index contributed by atoms with van der Waals surface area (Å²) < 4.78 is 0. The molecule has 2 aromatic heterocycles. The first-order chi connectivity index (χ1) is 15.6. The summed E-state index contributed by atoms with van der Waals surface area (Å²) >= 11 is 1.48. The van der Waals surface area contributed by atoms with E-state index in [1.165, 1.54) is 16.2 Å². The lowest BCUT2D eigenvalue weighted by Crippen LogP contribution is -2.40. The van der Waals surface area contributed by atoms with Crippen LogP contribution >= 0.6 is 11.3 Å². The minimum Gasteiger partial charge on any atom is -0.465 e. The quantitative estimate of drug-likeness (QED) is 0.566. The zero-order valence-corrected chi connectivity index (χ0v) is 18.5. The van der Waals surface area contributed by atoms with Crippen LogP contribution in [0.3, 0.4) is 0 Å². The average Bonchev–Trinajstić information content (AvgIpc) is 3.33. The molecule has 1 amide bonds. The molecule has 0 radical (unpaired) electrons. The number of amides is 1. The SMILES string of the molecule is N#CCc1ccc(-c2cccc(N3CCC(CN(Cc4cscn4)C(=O)O)CC3)n2)cc1. The van der Waals surface area contributed by atoms with Gasteiger partial charge >= 0.3 is 6.09 Å². The lowest BCUT2D eigenvalue weighted by Gasteiger charge is -2.34. The molecule has 0 aliphatic carbocycles. The number of aromatic nitrogens is 2. The van der Waals surface area contributed by atoms with Gasteiger partial charge in [-0.25, -0.2) is 14.8 Å². The third-order valence-corrected chi connectivity index (χ3v) is 6.43. The van der Waals surface area contributed by atoms with Crippen LogP contribution in [0.5, 0.6) is 0 Å². The molecule has 0 atom stereocenters. The van der Waals surface area contributed by atoms with E-state index in [1.807, 2.05) is 47.8 Å². The van der Waals surface area contributed by atoms with E-state index in [0.717, 1.165) is 54.3 Å². The summed E-state index contributed by atoms with van der Waals surface area (Å²) in [4.78, 5) is 24.5. The molecule has 32 heavy (non-hydrogen) atoms. The number of carboxylic acid groups (broad SMARTS) is 1. The first-order valence-electron chi connectivity index (χ1n) is 10.7. The van der Waals surface area contributed by atoms with Crippen molar-refractivity contribution in [1.82, 2.24) is 14.9 Å². The normalized spacial score (nSPS) is 14.2. The van der Waals surface area contributed by atoms with Crippen molar-refractivity contribution in [2.24, 2.45) is 5.92 Å². The summed E-state index contributed by atoms with van der Waals surface area (Å²) in [7, 11) is 0. The Bertz CT molecular complexity index is 1070. The summed E-state index contributed by atoms with van der Waals surface area (Å²) in [5, 5.41) is 20.3. The van der Waals surface area contributed by atoms with Gasteiger partial charge in [-0.2, -0.15) is 5.26 Å². The molecule has 164 valence electrons. The Morgan fingerprint density at radius 1 is 1.22 bits per heavy atom. The Morgan fingerprint density at radius 2 is 2.00 bits per heavy atom. The van der Waals surface area contributed by atoms with Gasteiger partial charge in [-0.05, 0) is 36.5 Å². The Morgan fingerprint density at radius 3 is 2.66 bits per heavy atom. The van der Waals surface area contributed by atoms with Crippen LogP contribution in [0.4, 0.5) is 10.6 Å². The summed E-state index contributed by atoms with van der Waals surface area (Å²) in [6.45, 7) is 2.58. The third kappa shape index (κ3) is 5.42. The largest absolute Gasteiger partial charge is 0.465 e. The van der Waals surface area contributed by atoms with Crippen LogP contribution in [-0.4, -0.2) is 45.7 Å². The summed E-state index contributed by atoms with van der Waals surface area (Å²) in [6.07, 6.45) is 1.37. The van der Waals surface area contributed by atoms with E-state index in [2.05, 4.69) is 16.0 Å². The van der Waals surface area contributed by atoms with Crippen molar-refractivity contribution in [3.05, 3.63) is 64.6 Å². The van der Waals surface area contributed by atoms with Crippen molar-refractivity contribution in [2.45, 2.75) is 25.8 Å². The zero-order chi connectivity index (χ0) is 22.3. The molecule has 4 rings (SSSR count). The fraction of sp³-hybridized carbons (Fsp3) is 0.333. The minimum absolute atomic E-state index is 0.330. The number of nitriles is 1. The van der Waals surface area contributed by atoms with Crippen LogP contribution in [0.2, 0.25) is 0 Å². The number of benzene rings is 1. The topological polar surface area (TPSA) is 93.4 Å². The molecule has 1 N–H and O–H groups in total. The Balaban J connectivity index is 1.36. The predicted octanol–water partition coefficient (Wildman–Crippen LogP) is 4.67. The van der Waals surface area contributed by atoms with Gasteiger partial charge in [0, 0.05) is 30.6 Å². The second kappa shape index (κ2) is 10.2. The average molecular weight is 448 g/mol. The molecule has 0 saturated carbocycles. The van der Waals surface area contributed by atoms with Crippen LogP contribution in [0.15, 0.2) is 53.4 Å². The van der Waals surface area contributed by atoms with Crippen molar-refractivity contribution in [3.8, 4) is 17.3 Å². The standard InChI is InChI=1S/C24H25N5O2S/c25-11-8-18-4-6-20(7-5-18)22-2-1-3-23(27-22)28-12-9-19(10-13-28)14-29(24(30)31)15-21-16-32-17-26-21/h1-7,16-17,19H,8-10,12-15H2,(H,30,31). The molecule has 3 heterocycles. The number of piperidine rings is 1. The number of carbonyl (C=O) groups is 1. The van der Waals surface area contributed by atoms with Gasteiger partial charge < -0.3 is 14.9 Å². The number of rotatable bonds is 7. The second-order valence-corrected chi connectivity index (χ2v) is 8.70. The lowest BCUT2D eigenvalue weighted by atomic mass is 9.96. The fourth-order valence-electron chi connectivity index (χ4n) is 4.02. The number of anilines is 1. The van der Waals surface area contributed by atoms with E-state index in [4.69, 9.17) is 10.2 Å². The van der Waals surface area contributed by atoms with E-state index in [9.17, 15) is 9.90 Å². The van der Waals surface area contributed by atoms with Crippen molar-refractivity contribution >= 4 is 23.2 Å². The molecule has 1 aliphatic heterocycles. The van der Waals surface area contributed by atoms with E-state index in [-0.39, 0.29) is 0 Å². The number of thiazole rings is 1. The molecule has 8 heteroatoms. The van der Waals surface area contributed by atoms with Gasteiger partial charge in [0.2, 0.25) is 0 Å². The Hall–Kier alpha value is -3.44. The molecule has 1 saturated heterocycles. The number of hydrogen-bond donors (Lipinski definition) is 1. The van der Waals surface area contributed by atoms with Gasteiger partial charge in [-0.1, -0.05) is 30.3 Å². The van der Waals surface area contributed by atoms with Crippen molar-refractivity contribution < 1.29 is 9.90 Å². The highest BCUT2D eigenvalue weighted by atomic mass is 32.1. The number of hydrogen-bond acceptors (Lipinski definition) is 6. The van der Waals surface area contributed by atoms with Crippen LogP contribution in [0.25, 0.3) is 11.3 Å². The maximum absolute atomic E-state index is 11.7. The van der Waals surface area contributed by atoms with Gasteiger partial charge in [0.15, 0.2) is 0 Å². The number of pyridine rings is 1. The monoisotopic (exact) mass is 447 g/mol. The molecule has 1 fully saturated rings. The fourth-order valence-corrected chi connectivity index (χ4v) is 4.57. The Labute approximate surface area is 191 Å². The molecule has 1 aromatic carbocycles. The minimum atomic E-state index is -0.893. The van der Waals surface area contributed by atoms with Crippen molar-refractivity contribution in [1.29, 1.82) is 5.26 Å². The van der Waals surface area contributed by atoms with E-state index < -0.39 is 6.09 Å². The lowest BCUT2D eigenvalue weighted by molar-refractivity contribution is 0.129. The van der Waals surface area contributed by atoms with Crippen LogP contribution in [-0.2, 0) is 13.0 Å². The van der Waals surface area contributed by atoms with Crippen LogP contribution < -0.4 is 4.90 Å². The highest BCUT2D eigenvalue weighted by Gasteiger charge is 2.24. The van der Waals surface area contributed by atoms with Gasteiger partial charge in [-0.3, -0.25) is 0 Å². The summed E-state index contributed by atoms with van der Waals surface area (Å²) in [5.74, 6) is 1.27. The number of nitrogens with zero attached hydrogens (tertiary/aromatic N) is 5. The molecular weight excluding hydrogens is 422 g/mol. The van der Waals surface area contributed by atoms with Gasteiger partial charge in [0.05, 0.1) is 35.9 Å². The predicted molar refractivity (Wildman–Crippen MR) is 124 cm³/mol. The molecular formula is C24H25N5O2S. The van der Waals surface area contributed by atoms with Crippen molar-refractivity contribution in [3.63, 3.8) is 0 Å². The van der Waals surface area contributed by atoms with E-state index in [0.29, 0.717) is 25.4 Å². The maximum atomic E-state index is 11.7. The summed E-state index contributed by atoms with van der Waals surface area (Å²) in [5.41, 5.74) is 5.47. The first-order valence-corrected chi connectivity index (χ1v) is 11.6. The molecule has 7 nitrogen and oxygen atoms in total. The van der Waals surface area contributed by atoms with Crippen LogP contribution in [0.1, 0.15) is 24.1 Å². The molecule has 0 bridgehead atoms. The van der Waals surface area contributed by atoms with Crippen LogP contribution in [0, 0.1) is 17.2 Å². The molecule has 0 spiro atoms. The van der Waals surface area contributed by atoms with E-state index >= 15 is 0 Å².